The van der Waals surface area contributed by atoms with Gasteiger partial charge in [0.05, 0.1) is 0 Å². The van der Waals surface area contributed by atoms with E-state index < -0.39 is 0 Å². The van der Waals surface area contributed by atoms with Crippen molar-refractivity contribution in [3.63, 3.8) is 0 Å². The Morgan fingerprint density at radius 3 is 2.72 bits per heavy atom. The van der Waals surface area contributed by atoms with Crippen molar-refractivity contribution in [2.75, 3.05) is 13.1 Å². The molecular formula is C22H30N2O. The lowest BCUT2D eigenvalue weighted by molar-refractivity contribution is 0.111. The first-order valence-corrected chi connectivity index (χ1v) is 9.98. The molecule has 4 rings (SSSR count). The van der Waals surface area contributed by atoms with E-state index in [4.69, 9.17) is 9.98 Å². The number of aliphatic imine (C=N–C) groups is 2. The Bertz CT molecular complexity index is 736. The van der Waals surface area contributed by atoms with Crippen LogP contribution in [0.5, 0.6) is 5.75 Å². The predicted octanol–water partition coefficient (Wildman–Crippen LogP) is 4.98. The number of benzene rings is 1. The molecule has 1 aromatic rings. The van der Waals surface area contributed by atoms with Gasteiger partial charge in [0.25, 0.3) is 0 Å². The third-order valence-electron chi connectivity index (χ3n) is 7.05. The summed E-state index contributed by atoms with van der Waals surface area (Å²) < 4.78 is 0. The molecule has 1 N–H and O–H groups in total. The molecule has 0 heterocycles. The number of hydrogen-bond acceptors (Lipinski definition) is 3. The summed E-state index contributed by atoms with van der Waals surface area (Å²) in [5, 5.41) is 9.98. The van der Waals surface area contributed by atoms with Gasteiger partial charge in [0, 0.05) is 35.5 Å². The Hall–Kier alpha value is -1.64. The average molecular weight is 338 g/mol. The van der Waals surface area contributed by atoms with Gasteiger partial charge in [-0.25, -0.2) is 0 Å². The Morgan fingerprint density at radius 2 is 1.96 bits per heavy atom. The highest BCUT2D eigenvalue weighted by Gasteiger charge is 2.54. The fraction of sp³-hybridized carbons (Fsp3) is 0.636. The van der Waals surface area contributed by atoms with Crippen molar-refractivity contribution in [3.8, 4) is 5.75 Å². The summed E-state index contributed by atoms with van der Waals surface area (Å²) in [4.78, 5) is 9.71. The van der Waals surface area contributed by atoms with Crippen molar-refractivity contribution in [3.05, 3.63) is 29.3 Å². The summed E-state index contributed by atoms with van der Waals surface area (Å²) in [5.74, 6) is 2.37. The van der Waals surface area contributed by atoms with Gasteiger partial charge in [0.15, 0.2) is 0 Å². The third kappa shape index (κ3) is 2.54. The topological polar surface area (TPSA) is 45.0 Å². The maximum atomic E-state index is 9.98. The number of aromatic hydroxyl groups is 1. The Morgan fingerprint density at radius 1 is 1.16 bits per heavy atom. The van der Waals surface area contributed by atoms with Gasteiger partial charge in [-0.1, -0.05) is 13.0 Å². The maximum absolute atomic E-state index is 9.98. The molecular weight excluding hydrogens is 308 g/mol. The van der Waals surface area contributed by atoms with E-state index in [1.165, 1.54) is 48.2 Å². The Labute approximate surface area is 151 Å². The lowest BCUT2D eigenvalue weighted by atomic mass is 9.55. The average Bonchev–Trinajstić information content (AvgIpc) is 2.93. The molecule has 1 aromatic carbocycles. The number of phenolic OH excluding ortho intramolecular Hbond substituents is 1. The van der Waals surface area contributed by atoms with E-state index in [2.05, 4.69) is 26.8 Å². The van der Waals surface area contributed by atoms with Gasteiger partial charge in [0.1, 0.15) is 5.75 Å². The molecule has 3 nitrogen and oxygen atoms in total. The van der Waals surface area contributed by atoms with Crippen molar-refractivity contribution in [1.82, 2.24) is 0 Å². The molecule has 3 unspecified atom stereocenters. The monoisotopic (exact) mass is 338 g/mol. The standard InChI is InChI=1S/C22H30N2O/c1-4-23-20-13-17-16(15-7-6-14(25)12-18(15)20)10-11-22(3)19(17)8-9-21(22)24-5-2/h6-7,12,16-17,19,25H,4-5,8-11,13H2,1-3H3/t16?,17?,19?,22-/m0/s1. The molecule has 0 aromatic heterocycles. The van der Waals surface area contributed by atoms with Crippen molar-refractivity contribution >= 4 is 11.4 Å². The van der Waals surface area contributed by atoms with Gasteiger partial charge in [-0.15, -0.1) is 0 Å². The van der Waals surface area contributed by atoms with Crippen LogP contribution in [0.15, 0.2) is 28.2 Å². The zero-order valence-electron chi connectivity index (χ0n) is 15.8. The summed E-state index contributed by atoms with van der Waals surface area (Å²) in [6.45, 7) is 8.46. The first-order chi connectivity index (χ1) is 12.1. The van der Waals surface area contributed by atoms with E-state index in [-0.39, 0.29) is 0 Å². The van der Waals surface area contributed by atoms with E-state index >= 15 is 0 Å². The summed E-state index contributed by atoms with van der Waals surface area (Å²) in [6.07, 6.45) is 6.01. The van der Waals surface area contributed by atoms with Crippen LogP contribution in [0.4, 0.5) is 0 Å². The SMILES string of the molecule is CCN=C1CC2C(CC[C@]3(C)C(=NCC)CCC23)c2ccc(O)cc21. The zero-order valence-corrected chi connectivity index (χ0v) is 15.8. The number of nitrogens with zero attached hydrogens (tertiary/aromatic N) is 2. The molecule has 25 heavy (non-hydrogen) atoms. The largest absolute Gasteiger partial charge is 0.508 e. The predicted molar refractivity (Wildman–Crippen MR) is 104 cm³/mol. The van der Waals surface area contributed by atoms with Gasteiger partial charge < -0.3 is 5.11 Å². The number of rotatable bonds is 2. The lowest BCUT2D eigenvalue weighted by Crippen LogP contribution is -2.43. The minimum Gasteiger partial charge on any atom is -0.508 e. The highest BCUT2D eigenvalue weighted by molar-refractivity contribution is 6.04. The van der Waals surface area contributed by atoms with E-state index in [1.807, 2.05) is 12.1 Å². The first kappa shape index (κ1) is 16.8. The Kier molecular flexibility index (Phi) is 4.21. The highest BCUT2D eigenvalue weighted by Crippen LogP contribution is 2.60. The van der Waals surface area contributed by atoms with Crippen LogP contribution in [-0.2, 0) is 0 Å². The van der Waals surface area contributed by atoms with Crippen LogP contribution in [0.1, 0.15) is 69.9 Å². The van der Waals surface area contributed by atoms with Crippen LogP contribution >= 0.6 is 0 Å². The summed E-state index contributed by atoms with van der Waals surface area (Å²) in [6, 6.07) is 5.95. The number of hydrogen-bond donors (Lipinski definition) is 1. The van der Waals surface area contributed by atoms with Crippen LogP contribution < -0.4 is 0 Å². The molecule has 4 atom stereocenters. The van der Waals surface area contributed by atoms with Gasteiger partial charge in [-0.2, -0.15) is 0 Å². The summed E-state index contributed by atoms with van der Waals surface area (Å²) >= 11 is 0. The van der Waals surface area contributed by atoms with Crippen LogP contribution in [0, 0.1) is 17.3 Å². The highest BCUT2D eigenvalue weighted by atomic mass is 16.3. The zero-order chi connectivity index (χ0) is 17.6. The van der Waals surface area contributed by atoms with Crippen LogP contribution in [0.3, 0.4) is 0 Å². The molecule has 0 spiro atoms. The van der Waals surface area contributed by atoms with Crippen LogP contribution in [-0.4, -0.2) is 29.6 Å². The lowest BCUT2D eigenvalue weighted by Gasteiger charge is -2.49. The summed E-state index contributed by atoms with van der Waals surface area (Å²) in [5.41, 5.74) is 5.60. The molecule has 3 heteroatoms. The van der Waals surface area contributed by atoms with Crippen LogP contribution in [0.25, 0.3) is 0 Å². The Balaban J connectivity index is 1.77. The van der Waals surface area contributed by atoms with Gasteiger partial charge >= 0.3 is 0 Å². The van der Waals surface area contributed by atoms with E-state index in [0.717, 1.165) is 25.4 Å². The molecule has 3 aliphatic rings. The second kappa shape index (κ2) is 6.26. The van der Waals surface area contributed by atoms with E-state index in [1.54, 1.807) is 0 Å². The van der Waals surface area contributed by atoms with Crippen molar-refractivity contribution < 1.29 is 5.11 Å². The molecule has 2 saturated carbocycles. The fourth-order valence-corrected chi connectivity index (χ4v) is 5.99. The quantitative estimate of drug-likeness (QED) is 0.812. The van der Waals surface area contributed by atoms with E-state index in [9.17, 15) is 5.11 Å². The van der Waals surface area contributed by atoms with Crippen molar-refractivity contribution in [2.45, 2.75) is 58.8 Å². The van der Waals surface area contributed by atoms with Gasteiger partial charge in [-0.3, -0.25) is 9.98 Å². The second-order valence-electron chi connectivity index (χ2n) is 8.19. The maximum Gasteiger partial charge on any atom is 0.116 e. The number of fused-ring (bicyclic) bond motifs is 5. The summed E-state index contributed by atoms with van der Waals surface area (Å²) in [7, 11) is 0. The second-order valence-corrected chi connectivity index (χ2v) is 8.19. The van der Waals surface area contributed by atoms with Crippen molar-refractivity contribution in [1.29, 1.82) is 0 Å². The van der Waals surface area contributed by atoms with Crippen molar-refractivity contribution in [2.24, 2.45) is 27.2 Å². The molecule has 2 fully saturated rings. The molecule has 3 aliphatic carbocycles. The first-order valence-electron chi connectivity index (χ1n) is 9.98. The smallest absolute Gasteiger partial charge is 0.116 e. The van der Waals surface area contributed by atoms with Gasteiger partial charge in [-0.05, 0) is 81.4 Å². The molecule has 0 bridgehead atoms. The van der Waals surface area contributed by atoms with E-state index in [0.29, 0.717) is 23.0 Å². The molecule has 0 saturated heterocycles. The third-order valence-corrected chi connectivity index (χ3v) is 7.05. The van der Waals surface area contributed by atoms with Crippen LogP contribution in [0.2, 0.25) is 0 Å². The minimum absolute atomic E-state index is 0.295. The normalized spacial score (nSPS) is 37.0. The minimum atomic E-state index is 0.295. The molecule has 0 amide bonds. The fourth-order valence-electron chi connectivity index (χ4n) is 5.99. The van der Waals surface area contributed by atoms with Gasteiger partial charge in [0.2, 0.25) is 0 Å². The number of phenols is 1. The molecule has 0 radical (unpaired) electrons. The molecule has 0 aliphatic heterocycles. The molecule has 134 valence electrons.